The normalized spacial score (nSPS) is 22.6. The van der Waals surface area contributed by atoms with E-state index in [0.717, 1.165) is 24.3 Å². The molecule has 4 heteroatoms. The van der Waals surface area contributed by atoms with Crippen LogP contribution in [0.3, 0.4) is 0 Å². The standard InChI is InChI=1S/C16H24N2O2/c1-4-8-18-15(19)10-14(17)16(18)12-6-5-7-13(9-12)20-11(2)3/h5-7,9,11,14,16H,4,8,10,17H2,1-3H3. The number of carbonyl (C=O) groups excluding carboxylic acids is 1. The molecule has 0 bridgehead atoms. The van der Waals surface area contributed by atoms with Gasteiger partial charge in [0.15, 0.2) is 0 Å². The smallest absolute Gasteiger partial charge is 0.224 e. The van der Waals surface area contributed by atoms with E-state index in [4.69, 9.17) is 10.5 Å². The first-order valence-electron chi connectivity index (χ1n) is 7.34. The van der Waals surface area contributed by atoms with Crippen molar-refractivity contribution in [1.29, 1.82) is 0 Å². The number of hydrogen-bond donors (Lipinski definition) is 1. The number of likely N-dealkylation sites (tertiary alicyclic amines) is 1. The first-order valence-corrected chi connectivity index (χ1v) is 7.34. The lowest BCUT2D eigenvalue weighted by molar-refractivity contribution is -0.129. The molecule has 20 heavy (non-hydrogen) atoms. The maximum atomic E-state index is 12.0. The largest absolute Gasteiger partial charge is 0.491 e. The zero-order chi connectivity index (χ0) is 14.7. The molecular weight excluding hydrogens is 252 g/mol. The predicted molar refractivity (Wildman–Crippen MR) is 79.5 cm³/mol. The van der Waals surface area contributed by atoms with E-state index in [2.05, 4.69) is 6.92 Å². The van der Waals surface area contributed by atoms with Gasteiger partial charge in [-0.05, 0) is 38.0 Å². The van der Waals surface area contributed by atoms with Gasteiger partial charge in [-0.15, -0.1) is 0 Å². The second-order valence-electron chi connectivity index (χ2n) is 5.64. The summed E-state index contributed by atoms with van der Waals surface area (Å²) in [7, 11) is 0. The van der Waals surface area contributed by atoms with Gasteiger partial charge < -0.3 is 15.4 Å². The molecule has 0 radical (unpaired) electrons. The van der Waals surface area contributed by atoms with Gasteiger partial charge in [-0.1, -0.05) is 19.1 Å². The van der Waals surface area contributed by atoms with E-state index in [9.17, 15) is 4.79 Å². The fraction of sp³-hybridized carbons (Fsp3) is 0.562. The summed E-state index contributed by atoms with van der Waals surface area (Å²) in [6.07, 6.45) is 1.51. The SMILES string of the molecule is CCCN1C(=O)CC(N)C1c1cccc(OC(C)C)c1. The number of nitrogens with two attached hydrogens (primary N) is 1. The van der Waals surface area contributed by atoms with Crippen molar-refractivity contribution in [3.8, 4) is 5.75 Å². The van der Waals surface area contributed by atoms with Gasteiger partial charge in [0.05, 0.1) is 12.1 Å². The van der Waals surface area contributed by atoms with Crippen molar-refractivity contribution in [2.24, 2.45) is 5.73 Å². The zero-order valence-electron chi connectivity index (χ0n) is 12.5. The summed E-state index contributed by atoms with van der Waals surface area (Å²) in [5, 5.41) is 0. The molecule has 1 amide bonds. The molecule has 110 valence electrons. The summed E-state index contributed by atoms with van der Waals surface area (Å²) in [5.74, 6) is 0.986. The summed E-state index contributed by atoms with van der Waals surface area (Å²) in [6, 6.07) is 7.77. The van der Waals surface area contributed by atoms with Crippen molar-refractivity contribution in [1.82, 2.24) is 4.90 Å². The lowest BCUT2D eigenvalue weighted by Gasteiger charge is -2.27. The minimum Gasteiger partial charge on any atom is -0.491 e. The van der Waals surface area contributed by atoms with Gasteiger partial charge in [-0.2, -0.15) is 0 Å². The summed E-state index contributed by atoms with van der Waals surface area (Å²) in [4.78, 5) is 13.9. The Morgan fingerprint density at radius 1 is 1.45 bits per heavy atom. The highest BCUT2D eigenvalue weighted by molar-refractivity contribution is 5.80. The van der Waals surface area contributed by atoms with Crippen LogP contribution >= 0.6 is 0 Å². The molecule has 1 fully saturated rings. The fourth-order valence-corrected chi connectivity index (χ4v) is 2.79. The van der Waals surface area contributed by atoms with E-state index >= 15 is 0 Å². The molecule has 2 unspecified atom stereocenters. The van der Waals surface area contributed by atoms with Gasteiger partial charge in [-0.25, -0.2) is 0 Å². The molecule has 1 aliphatic heterocycles. The van der Waals surface area contributed by atoms with Gasteiger partial charge in [0.1, 0.15) is 5.75 Å². The highest BCUT2D eigenvalue weighted by Crippen LogP contribution is 2.33. The molecule has 0 aromatic heterocycles. The average Bonchev–Trinajstić information content (AvgIpc) is 2.64. The molecule has 2 N–H and O–H groups in total. The quantitative estimate of drug-likeness (QED) is 0.899. The second-order valence-corrected chi connectivity index (χ2v) is 5.64. The Labute approximate surface area is 120 Å². The van der Waals surface area contributed by atoms with Gasteiger partial charge in [-0.3, -0.25) is 4.79 Å². The molecule has 1 aromatic rings. The third-order valence-corrected chi connectivity index (χ3v) is 3.51. The van der Waals surface area contributed by atoms with Crippen molar-refractivity contribution in [2.75, 3.05) is 6.54 Å². The number of ether oxygens (including phenoxy) is 1. The lowest BCUT2D eigenvalue weighted by atomic mass is 10.0. The van der Waals surface area contributed by atoms with Crippen LogP contribution in [0, 0.1) is 0 Å². The summed E-state index contributed by atoms with van der Waals surface area (Å²) in [5.41, 5.74) is 7.23. The second kappa shape index (κ2) is 6.27. The van der Waals surface area contributed by atoms with Gasteiger partial charge in [0.2, 0.25) is 5.91 Å². The van der Waals surface area contributed by atoms with Crippen LogP contribution in [-0.4, -0.2) is 29.5 Å². The molecular formula is C16H24N2O2. The summed E-state index contributed by atoms with van der Waals surface area (Å²) >= 11 is 0. The van der Waals surface area contributed by atoms with Gasteiger partial charge in [0.25, 0.3) is 0 Å². The fourth-order valence-electron chi connectivity index (χ4n) is 2.79. The molecule has 1 aliphatic rings. The number of rotatable bonds is 5. The molecule has 1 saturated heterocycles. The lowest BCUT2D eigenvalue weighted by Crippen LogP contribution is -2.33. The van der Waals surface area contributed by atoms with Crippen LogP contribution in [0.5, 0.6) is 5.75 Å². The van der Waals surface area contributed by atoms with Crippen molar-refractivity contribution >= 4 is 5.91 Å². The highest BCUT2D eigenvalue weighted by Gasteiger charge is 2.38. The first-order chi connectivity index (χ1) is 9.52. The molecule has 1 heterocycles. The van der Waals surface area contributed by atoms with Crippen molar-refractivity contribution in [2.45, 2.75) is 51.8 Å². The monoisotopic (exact) mass is 276 g/mol. The number of carbonyl (C=O) groups is 1. The third-order valence-electron chi connectivity index (χ3n) is 3.51. The van der Waals surface area contributed by atoms with Gasteiger partial charge in [0, 0.05) is 19.0 Å². The molecule has 4 nitrogen and oxygen atoms in total. The summed E-state index contributed by atoms with van der Waals surface area (Å²) < 4.78 is 5.73. The first kappa shape index (κ1) is 14.9. The maximum Gasteiger partial charge on any atom is 0.224 e. The van der Waals surface area contributed by atoms with Crippen LogP contribution in [0.15, 0.2) is 24.3 Å². The number of hydrogen-bond acceptors (Lipinski definition) is 3. The molecule has 0 spiro atoms. The van der Waals surface area contributed by atoms with Crippen LogP contribution in [0.4, 0.5) is 0 Å². The molecule has 0 saturated carbocycles. The van der Waals surface area contributed by atoms with Crippen LogP contribution in [-0.2, 0) is 4.79 Å². The Bertz CT molecular complexity index is 473. The topological polar surface area (TPSA) is 55.6 Å². The van der Waals surface area contributed by atoms with E-state index in [0.29, 0.717) is 6.42 Å². The Morgan fingerprint density at radius 2 is 2.20 bits per heavy atom. The maximum absolute atomic E-state index is 12.0. The predicted octanol–water partition coefficient (Wildman–Crippen LogP) is 2.48. The van der Waals surface area contributed by atoms with Crippen molar-refractivity contribution < 1.29 is 9.53 Å². The molecule has 0 aliphatic carbocycles. The molecule has 1 aromatic carbocycles. The van der Waals surface area contributed by atoms with Crippen LogP contribution in [0.2, 0.25) is 0 Å². The van der Waals surface area contributed by atoms with E-state index in [1.807, 2.05) is 43.0 Å². The van der Waals surface area contributed by atoms with Crippen LogP contribution in [0.25, 0.3) is 0 Å². The highest BCUT2D eigenvalue weighted by atomic mass is 16.5. The van der Waals surface area contributed by atoms with Crippen molar-refractivity contribution in [3.05, 3.63) is 29.8 Å². The zero-order valence-corrected chi connectivity index (χ0v) is 12.5. The minimum atomic E-state index is -0.136. The van der Waals surface area contributed by atoms with Gasteiger partial charge >= 0.3 is 0 Å². The van der Waals surface area contributed by atoms with Crippen LogP contribution in [0.1, 0.15) is 45.2 Å². The number of amides is 1. The minimum absolute atomic E-state index is 0.0295. The van der Waals surface area contributed by atoms with E-state index in [-0.39, 0.29) is 24.1 Å². The Balaban J connectivity index is 2.26. The van der Waals surface area contributed by atoms with Crippen molar-refractivity contribution in [3.63, 3.8) is 0 Å². The molecule has 2 atom stereocenters. The summed E-state index contributed by atoms with van der Waals surface area (Å²) in [6.45, 7) is 6.83. The number of nitrogens with zero attached hydrogens (tertiary/aromatic N) is 1. The Morgan fingerprint density at radius 3 is 2.85 bits per heavy atom. The average molecular weight is 276 g/mol. The van der Waals surface area contributed by atoms with Crippen LogP contribution < -0.4 is 10.5 Å². The van der Waals surface area contributed by atoms with E-state index in [1.54, 1.807) is 0 Å². The number of benzene rings is 1. The van der Waals surface area contributed by atoms with E-state index < -0.39 is 0 Å². The molecule has 2 rings (SSSR count). The Kier molecular flexibility index (Phi) is 4.65. The third kappa shape index (κ3) is 3.12. The van der Waals surface area contributed by atoms with E-state index in [1.165, 1.54) is 0 Å². The Hall–Kier alpha value is -1.55.